The molecule has 114 valence electrons. The maximum atomic E-state index is 13.1. The Morgan fingerprint density at radius 3 is 2.57 bits per heavy atom. The Balaban J connectivity index is 1.94. The quantitative estimate of drug-likeness (QED) is 0.369. The predicted molar refractivity (Wildman–Crippen MR) is 96.7 cm³/mol. The molecule has 0 atom stereocenters. The van der Waals surface area contributed by atoms with Crippen LogP contribution in [0, 0.1) is 12.7 Å². The van der Waals surface area contributed by atoms with Crippen molar-refractivity contribution in [2.45, 2.75) is 16.7 Å². The minimum atomic E-state index is -0.224. The van der Waals surface area contributed by atoms with Crippen LogP contribution in [0.2, 0.25) is 0 Å². The maximum absolute atomic E-state index is 13.1. The molecule has 0 radical (unpaired) electrons. The second-order valence-electron chi connectivity index (χ2n) is 5.35. The molecule has 0 unspecified atom stereocenters. The molecule has 4 heteroatoms. The molecule has 3 aromatic carbocycles. The van der Waals surface area contributed by atoms with Gasteiger partial charge in [0.15, 0.2) is 0 Å². The highest BCUT2D eigenvalue weighted by molar-refractivity contribution is 9.10. The molecule has 0 aliphatic rings. The van der Waals surface area contributed by atoms with Gasteiger partial charge in [0.25, 0.3) is 0 Å². The van der Waals surface area contributed by atoms with Crippen molar-refractivity contribution in [1.82, 2.24) is 0 Å². The molecule has 0 N–H and O–H groups in total. The Bertz CT molecular complexity index is 1020. The summed E-state index contributed by atoms with van der Waals surface area (Å²) in [6.45, 7) is 1.97. The molecule has 0 spiro atoms. The van der Waals surface area contributed by atoms with Gasteiger partial charge in [0.05, 0.1) is 4.90 Å². The van der Waals surface area contributed by atoms with Crippen LogP contribution in [0.25, 0.3) is 21.7 Å². The van der Waals surface area contributed by atoms with E-state index in [1.165, 1.54) is 12.1 Å². The van der Waals surface area contributed by atoms with Crippen molar-refractivity contribution in [3.8, 4) is 0 Å². The fourth-order valence-electron chi connectivity index (χ4n) is 2.73. The van der Waals surface area contributed by atoms with Crippen LogP contribution < -0.4 is 0 Å². The molecule has 4 rings (SSSR count). The molecule has 0 saturated carbocycles. The van der Waals surface area contributed by atoms with Crippen molar-refractivity contribution in [2.24, 2.45) is 0 Å². The molecule has 0 saturated heterocycles. The monoisotopic (exact) mass is 386 g/mol. The zero-order chi connectivity index (χ0) is 16.0. The Morgan fingerprint density at radius 2 is 1.78 bits per heavy atom. The minimum absolute atomic E-state index is 0.224. The van der Waals surface area contributed by atoms with E-state index < -0.39 is 0 Å². The van der Waals surface area contributed by atoms with Crippen molar-refractivity contribution in [2.75, 3.05) is 0 Å². The highest BCUT2D eigenvalue weighted by Crippen LogP contribution is 2.41. The number of aryl methyl sites for hydroxylation is 1. The maximum Gasteiger partial charge on any atom is 0.136 e. The number of rotatable bonds is 2. The largest absolute Gasteiger partial charge is 0.460 e. The van der Waals surface area contributed by atoms with Crippen LogP contribution in [0.1, 0.15) is 5.76 Å². The van der Waals surface area contributed by atoms with E-state index in [0.717, 1.165) is 41.8 Å². The van der Waals surface area contributed by atoms with E-state index in [0.29, 0.717) is 0 Å². The number of hydrogen-bond acceptors (Lipinski definition) is 2. The summed E-state index contributed by atoms with van der Waals surface area (Å²) in [5.41, 5.74) is 0.877. The smallest absolute Gasteiger partial charge is 0.136 e. The van der Waals surface area contributed by atoms with Crippen LogP contribution in [0.3, 0.4) is 0 Å². The molecule has 0 aliphatic carbocycles. The fourth-order valence-corrected chi connectivity index (χ4v) is 4.12. The van der Waals surface area contributed by atoms with Gasteiger partial charge in [0.1, 0.15) is 17.2 Å². The summed E-state index contributed by atoms with van der Waals surface area (Å²) in [4.78, 5) is 2.07. The molecule has 0 aliphatic heterocycles. The lowest BCUT2D eigenvalue weighted by Crippen LogP contribution is -1.79. The standard InChI is InChI=1S/C19H12BrFOS/c1-11-19(23-15-6-4-14(21)5-7-15)18-16-8-3-13(20)10-12(16)2-9-17(18)22-11/h2-10H,1H3. The van der Waals surface area contributed by atoms with E-state index >= 15 is 0 Å². The minimum Gasteiger partial charge on any atom is -0.460 e. The first-order chi connectivity index (χ1) is 11.1. The Labute approximate surface area is 145 Å². The van der Waals surface area contributed by atoms with Crippen molar-refractivity contribution in [3.05, 3.63) is 70.6 Å². The van der Waals surface area contributed by atoms with Gasteiger partial charge in [0.2, 0.25) is 0 Å². The SMILES string of the molecule is Cc1oc2ccc3cc(Br)ccc3c2c1Sc1ccc(F)cc1. The van der Waals surface area contributed by atoms with Gasteiger partial charge in [-0.1, -0.05) is 39.8 Å². The number of fused-ring (bicyclic) bond motifs is 3. The van der Waals surface area contributed by atoms with E-state index in [1.54, 1.807) is 23.9 Å². The molecule has 0 amide bonds. The topological polar surface area (TPSA) is 13.1 Å². The van der Waals surface area contributed by atoms with Crippen LogP contribution in [0.4, 0.5) is 4.39 Å². The van der Waals surface area contributed by atoms with Gasteiger partial charge in [-0.15, -0.1) is 0 Å². The fraction of sp³-hybridized carbons (Fsp3) is 0.0526. The molecule has 1 aromatic heterocycles. The normalized spacial score (nSPS) is 11.4. The van der Waals surface area contributed by atoms with Crippen molar-refractivity contribution < 1.29 is 8.81 Å². The summed E-state index contributed by atoms with van der Waals surface area (Å²) in [5, 5.41) is 3.43. The summed E-state index contributed by atoms with van der Waals surface area (Å²) >= 11 is 5.12. The summed E-state index contributed by atoms with van der Waals surface area (Å²) in [5.74, 6) is 0.656. The lowest BCUT2D eigenvalue weighted by molar-refractivity contribution is 0.568. The zero-order valence-electron chi connectivity index (χ0n) is 12.3. The van der Waals surface area contributed by atoms with Gasteiger partial charge in [-0.2, -0.15) is 0 Å². The molecular formula is C19H12BrFOS. The van der Waals surface area contributed by atoms with E-state index in [9.17, 15) is 4.39 Å². The molecule has 1 heterocycles. The van der Waals surface area contributed by atoms with Crippen LogP contribution in [-0.4, -0.2) is 0 Å². The van der Waals surface area contributed by atoms with Crippen molar-refractivity contribution in [3.63, 3.8) is 0 Å². The first kappa shape index (κ1) is 14.8. The molecule has 0 bridgehead atoms. The van der Waals surface area contributed by atoms with E-state index in [-0.39, 0.29) is 5.82 Å². The van der Waals surface area contributed by atoms with Gasteiger partial charge in [-0.3, -0.25) is 0 Å². The lowest BCUT2D eigenvalue weighted by atomic mass is 10.1. The first-order valence-corrected chi connectivity index (χ1v) is 8.77. The summed E-state index contributed by atoms with van der Waals surface area (Å²) in [6.07, 6.45) is 0. The first-order valence-electron chi connectivity index (χ1n) is 7.16. The number of furan rings is 1. The van der Waals surface area contributed by atoms with Gasteiger partial charge in [0, 0.05) is 14.8 Å². The number of halogens is 2. The van der Waals surface area contributed by atoms with Gasteiger partial charge < -0.3 is 4.42 Å². The third-order valence-electron chi connectivity index (χ3n) is 3.79. The summed E-state index contributed by atoms with van der Waals surface area (Å²) < 4.78 is 20.1. The van der Waals surface area contributed by atoms with Gasteiger partial charge >= 0.3 is 0 Å². The third-order valence-corrected chi connectivity index (χ3v) is 5.48. The summed E-state index contributed by atoms with van der Waals surface area (Å²) in [6, 6.07) is 16.9. The second kappa shape index (κ2) is 5.69. The van der Waals surface area contributed by atoms with E-state index in [2.05, 4.69) is 34.1 Å². The number of hydrogen-bond donors (Lipinski definition) is 0. The highest BCUT2D eigenvalue weighted by atomic mass is 79.9. The van der Waals surface area contributed by atoms with Gasteiger partial charge in [-0.25, -0.2) is 4.39 Å². The van der Waals surface area contributed by atoms with Crippen LogP contribution in [0.5, 0.6) is 0 Å². The third kappa shape index (κ3) is 2.66. The lowest BCUT2D eigenvalue weighted by Gasteiger charge is -2.04. The van der Waals surface area contributed by atoms with Gasteiger partial charge in [-0.05, 0) is 60.2 Å². The van der Waals surface area contributed by atoms with E-state index in [4.69, 9.17) is 4.42 Å². The van der Waals surface area contributed by atoms with Crippen molar-refractivity contribution in [1.29, 1.82) is 0 Å². The molecule has 23 heavy (non-hydrogen) atoms. The molecule has 1 nitrogen and oxygen atoms in total. The Morgan fingerprint density at radius 1 is 1.00 bits per heavy atom. The summed E-state index contributed by atoms with van der Waals surface area (Å²) in [7, 11) is 0. The number of benzene rings is 3. The molecular weight excluding hydrogens is 375 g/mol. The van der Waals surface area contributed by atoms with E-state index in [1.807, 2.05) is 19.1 Å². The highest BCUT2D eigenvalue weighted by Gasteiger charge is 2.15. The van der Waals surface area contributed by atoms with Crippen LogP contribution in [-0.2, 0) is 0 Å². The average molecular weight is 387 g/mol. The zero-order valence-corrected chi connectivity index (χ0v) is 14.7. The molecule has 4 aromatic rings. The predicted octanol–water partition coefficient (Wildman–Crippen LogP) is 6.95. The van der Waals surface area contributed by atoms with Crippen LogP contribution in [0.15, 0.2) is 73.3 Å². The Kier molecular flexibility index (Phi) is 3.66. The Hall–Kier alpha value is -1.78. The van der Waals surface area contributed by atoms with Crippen molar-refractivity contribution >= 4 is 49.4 Å². The molecule has 0 fully saturated rings. The second-order valence-corrected chi connectivity index (χ2v) is 7.35. The average Bonchev–Trinajstić information content (AvgIpc) is 2.85. The van der Waals surface area contributed by atoms with Crippen LogP contribution >= 0.6 is 27.7 Å².